The van der Waals surface area contributed by atoms with Gasteiger partial charge in [0.25, 0.3) is 5.91 Å². The fourth-order valence-corrected chi connectivity index (χ4v) is 2.20. The van der Waals surface area contributed by atoms with Gasteiger partial charge in [-0.2, -0.15) is 11.3 Å². The summed E-state index contributed by atoms with van der Waals surface area (Å²) in [6, 6.07) is 7.56. The third kappa shape index (κ3) is 2.51. The molecule has 1 heterocycles. The molecule has 0 saturated carbocycles. The Morgan fingerprint density at radius 3 is 2.81 bits per heavy atom. The van der Waals surface area contributed by atoms with Crippen LogP contribution in [-0.2, 0) is 0 Å². The lowest BCUT2D eigenvalue weighted by atomic mass is 10.2. The lowest BCUT2D eigenvalue weighted by Gasteiger charge is -2.05. The molecule has 0 atom stereocenters. The molecule has 4 heteroatoms. The molecule has 2 aromatic rings. The van der Waals surface area contributed by atoms with Crippen LogP contribution in [0.1, 0.15) is 15.9 Å². The van der Waals surface area contributed by atoms with Crippen LogP contribution in [0.5, 0.6) is 0 Å². The van der Waals surface area contributed by atoms with Crippen molar-refractivity contribution in [3.8, 4) is 0 Å². The molecule has 0 aliphatic heterocycles. The average Bonchev–Trinajstić information content (AvgIpc) is 2.77. The van der Waals surface area contributed by atoms with Crippen LogP contribution in [0.4, 0.5) is 5.69 Å². The molecule has 1 aromatic heterocycles. The van der Waals surface area contributed by atoms with Crippen molar-refractivity contribution in [2.45, 2.75) is 6.92 Å². The van der Waals surface area contributed by atoms with E-state index in [2.05, 4.69) is 21.2 Å². The average molecular weight is 296 g/mol. The Bertz CT molecular complexity index is 508. The first-order chi connectivity index (χ1) is 7.66. The van der Waals surface area contributed by atoms with Gasteiger partial charge < -0.3 is 5.32 Å². The van der Waals surface area contributed by atoms with Gasteiger partial charge in [0.05, 0.1) is 5.56 Å². The Hall–Kier alpha value is -1.13. The molecular formula is C12H10BrNOS. The van der Waals surface area contributed by atoms with Crippen molar-refractivity contribution in [3.05, 3.63) is 50.6 Å². The van der Waals surface area contributed by atoms with E-state index in [1.54, 1.807) is 0 Å². The largest absolute Gasteiger partial charge is 0.322 e. The van der Waals surface area contributed by atoms with Crippen LogP contribution in [0, 0.1) is 6.92 Å². The number of rotatable bonds is 2. The molecule has 0 bridgehead atoms. The molecule has 0 aliphatic carbocycles. The summed E-state index contributed by atoms with van der Waals surface area (Å²) < 4.78 is 1.04. The molecule has 2 rings (SSSR count). The molecule has 0 spiro atoms. The minimum absolute atomic E-state index is 0.0667. The number of thiophene rings is 1. The third-order valence-electron chi connectivity index (χ3n) is 2.20. The molecule has 1 N–H and O–H groups in total. The van der Waals surface area contributed by atoms with E-state index >= 15 is 0 Å². The van der Waals surface area contributed by atoms with Crippen molar-refractivity contribution in [2.75, 3.05) is 5.32 Å². The van der Waals surface area contributed by atoms with E-state index in [0.717, 1.165) is 15.7 Å². The minimum Gasteiger partial charge on any atom is -0.322 e. The number of carbonyl (C=O) groups is 1. The van der Waals surface area contributed by atoms with E-state index in [9.17, 15) is 4.79 Å². The van der Waals surface area contributed by atoms with E-state index < -0.39 is 0 Å². The Labute approximate surface area is 106 Å². The van der Waals surface area contributed by atoms with Crippen LogP contribution in [0.2, 0.25) is 0 Å². The molecule has 82 valence electrons. The predicted molar refractivity (Wildman–Crippen MR) is 71.2 cm³/mol. The first kappa shape index (κ1) is 11.4. The van der Waals surface area contributed by atoms with Crippen LogP contribution in [0.15, 0.2) is 39.5 Å². The highest BCUT2D eigenvalue weighted by atomic mass is 79.9. The molecule has 1 aromatic carbocycles. The zero-order valence-corrected chi connectivity index (χ0v) is 11.1. The molecule has 0 radical (unpaired) electrons. The lowest BCUT2D eigenvalue weighted by molar-refractivity contribution is 0.102. The van der Waals surface area contributed by atoms with Crippen molar-refractivity contribution < 1.29 is 4.79 Å². The number of aryl methyl sites for hydroxylation is 1. The SMILES string of the molecule is Cc1cc(NC(=O)c2ccsc2)ccc1Br. The highest BCUT2D eigenvalue weighted by Crippen LogP contribution is 2.20. The number of amides is 1. The predicted octanol–water partition coefficient (Wildman–Crippen LogP) is 4.07. The van der Waals surface area contributed by atoms with E-state index in [0.29, 0.717) is 5.56 Å². The van der Waals surface area contributed by atoms with Crippen molar-refractivity contribution in [2.24, 2.45) is 0 Å². The van der Waals surface area contributed by atoms with Crippen molar-refractivity contribution >= 4 is 38.9 Å². The van der Waals surface area contributed by atoms with Crippen molar-refractivity contribution in [1.29, 1.82) is 0 Å². The summed E-state index contributed by atoms with van der Waals surface area (Å²) in [5, 5.41) is 6.58. The van der Waals surface area contributed by atoms with Crippen LogP contribution < -0.4 is 5.32 Å². The molecule has 16 heavy (non-hydrogen) atoms. The second-order valence-electron chi connectivity index (χ2n) is 3.43. The third-order valence-corrected chi connectivity index (χ3v) is 3.77. The van der Waals surface area contributed by atoms with Crippen LogP contribution in [0.25, 0.3) is 0 Å². The number of benzene rings is 1. The van der Waals surface area contributed by atoms with Gasteiger partial charge in [0.2, 0.25) is 0 Å². The van der Waals surface area contributed by atoms with Crippen LogP contribution >= 0.6 is 27.3 Å². The second kappa shape index (κ2) is 4.80. The molecule has 0 aliphatic rings. The maximum absolute atomic E-state index is 11.8. The van der Waals surface area contributed by atoms with Gasteiger partial charge in [0.15, 0.2) is 0 Å². The summed E-state index contributed by atoms with van der Waals surface area (Å²) in [6.45, 7) is 1.99. The quantitative estimate of drug-likeness (QED) is 0.889. The van der Waals surface area contributed by atoms with Gasteiger partial charge >= 0.3 is 0 Å². The van der Waals surface area contributed by atoms with Gasteiger partial charge in [-0.25, -0.2) is 0 Å². The summed E-state index contributed by atoms with van der Waals surface area (Å²) in [4.78, 5) is 11.8. The maximum Gasteiger partial charge on any atom is 0.256 e. The first-order valence-electron chi connectivity index (χ1n) is 4.76. The first-order valence-corrected chi connectivity index (χ1v) is 6.50. The smallest absolute Gasteiger partial charge is 0.256 e. The Kier molecular flexibility index (Phi) is 3.41. The van der Waals surface area contributed by atoms with E-state index in [1.165, 1.54) is 11.3 Å². The number of anilines is 1. The zero-order chi connectivity index (χ0) is 11.5. The zero-order valence-electron chi connectivity index (χ0n) is 8.66. The van der Waals surface area contributed by atoms with Gasteiger partial charge in [-0.1, -0.05) is 15.9 Å². The highest BCUT2D eigenvalue weighted by molar-refractivity contribution is 9.10. The van der Waals surface area contributed by atoms with Crippen molar-refractivity contribution in [1.82, 2.24) is 0 Å². The Balaban J connectivity index is 2.15. The molecule has 0 fully saturated rings. The summed E-state index contributed by atoms with van der Waals surface area (Å²) in [6.07, 6.45) is 0. The summed E-state index contributed by atoms with van der Waals surface area (Å²) in [5.74, 6) is -0.0667. The number of hydrogen-bond donors (Lipinski definition) is 1. The number of hydrogen-bond acceptors (Lipinski definition) is 2. The normalized spacial score (nSPS) is 10.1. The monoisotopic (exact) mass is 295 g/mol. The Morgan fingerprint density at radius 2 is 2.19 bits per heavy atom. The fraction of sp³-hybridized carbons (Fsp3) is 0.0833. The lowest BCUT2D eigenvalue weighted by Crippen LogP contribution is -2.10. The van der Waals surface area contributed by atoms with Gasteiger partial charge in [0.1, 0.15) is 0 Å². The molecule has 0 unspecified atom stereocenters. The second-order valence-corrected chi connectivity index (χ2v) is 5.06. The topological polar surface area (TPSA) is 29.1 Å². The summed E-state index contributed by atoms with van der Waals surface area (Å²) in [5.41, 5.74) is 2.62. The maximum atomic E-state index is 11.8. The number of halogens is 1. The van der Waals surface area contributed by atoms with Crippen LogP contribution in [-0.4, -0.2) is 5.91 Å². The molecule has 1 amide bonds. The molecule has 0 saturated heterocycles. The Morgan fingerprint density at radius 1 is 1.38 bits per heavy atom. The van der Waals surface area contributed by atoms with Gasteiger partial charge in [-0.15, -0.1) is 0 Å². The molecular weight excluding hydrogens is 286 g/mol. The number of nitrogens with one attached hydrogen (secondary N) is 1. The fourth-order valence-electron chi connectivity index (χ4n) is 1.32. The summed E-state index contributed by atoms with van der Waals surface area (Å²) in [7, 11) is 0. The van der Waals surface area contributed by atoms with Gasteiger partial charge in [-0.05, 0) is 42.1 Å². The standard InChI is InChI=1S/C12H10BrNOS/c1-8-6-10(2-3-11(8)13)14-12(15)9-4-5-16-7-9/h2-7H,1H3,(H,14,15). The van der Waals surface area contributed by atoms with Crippen molar-refractivity contribution in [3.63, 3.8) is 0 Å². The highest BCUT2D eigenvalue weighted by Gasteiger charge is 2.06. The van der Waals surface area contributed by atoms with E-state index in [1.807, 2.05) is 41.9 Å². The van der Waals surface area contributed by atoms with Crippen LogP contribution in [0.3, 0.4) is 0 Å². The summed E-state index contributed by atoms with van der Waals surface area (Å²) >= 11 is 4.94. The molecule has 2 nitrogen and oxygen atoms in total. The number of carbonyl (C=O) groups excluding carboxylic acids is 1. The van der Waals surface area contributed by atoms with E-state index in [4.69, 9.17) is 0 Å². The minimum atomic E-state index is -0.0667. The van der Waals surface area contributed by atoms with E-state index in [-0.39, 0.29) is 5.91 Å². The van der Waals surface area contributed by atoms with Gasteiger partial charge in [-0.3, -0.25) is 4.79 Å². The van der Waals surface area contributed by atoms with Gasteiger partial charge in [0, 0.05) is 15.5 Å².